The van der Waals surface area contributed by atoms with Gasteiger partial charge >= 0.3 is 5.97 Å². The first kappa shape index (κ1) is 34.2. The molecule has 0 saturated carbocycles. The molecular formula is C26H48O13. The average Bonchev–Trinajstić information content (AvgIpc) is 2.91. The minimum Gasteiger partial charge on any atom is -0.460 e. The van der Waals surface area contributed by atoms with Gasteiger partial charge in [0, 0.05) is 6.42 Å². The third kappa shape index (κ3) is 10.7. The molecule has 0 aromatic carbocycles. The van der Waals surface area contributed by atoms with Gasteiger partial charge in [0.15, 0.2) is 12.6 Å². The molecule has 13 nitrogen and oxygen atoms in total. The van der Waals surface area contributed by atoms with Gasteiger partial charge in [0.05, 0.1) is 19.8 Å². The minimum atomic E-state index is -1.66. The fourth-order valence-electron chi connectivity index (χ4n) is 4.54. The fraction of sp³-hybridized carbons (Fsp3) is 0.962. The van der Waals surface area contributed by atoms with Crippen molar-refractivity contribution in [3.05, 3.63) is 0 Å². The molecule has 7 N–H and O–H groups in total. The van der Waals surface area contributed by atoms with Crippen LogP contribution in [0.4, 0.5) is 0 Å². The Balaban J connectivity index is 1.74. The summed E-state index contributed by atoms with van der Waals surface area (Å²) in [7, 11) is 0. The third-order valence-electron chi connectivity index (χ3n) is 7.00. The fourth-order valence-corrected chi connectivity index (χ4v) is 4.54. The highest BCUT2D eigenvalue weighted by Crippen LogP contribution is 2.26. The Hall–Kier alpha value is -0.970. The van der Waals surface area contributed by atoms with Crippen LogP contribution in [0.15, 0.2) is 0 Å². The Morgan fingerprint density at radius 1 is 0.718 bits per heavy atom. The molecule has 0 spiro atoms. The molecule has 13 heteroatoms. The van der Waals surface area contributed by atoms with E-state index < -0.39 is 80.7 Å². The van der Waals surface area contributed by atoms with Crippen LogP contribution in [0, 0.1) is 0 Å². The lowest BCUT2D eigenvalue weighted by Crippen LogP contribution is -2.61. The van der Waals surface area contributed by atoms with Gasteiger partial charge in [-0.05, 0) is 13.3 Å². The Bertz CT molecular complexity index is 680. The Morgan fingerprint density at radius 3 is 1.82 bits per heavy atom. The summed E-state index contributed by atoms with van der Waals surface area (Å²) >= 11 is 0. The van der Waals surface area contributed by atoms with E-state index in [-0.39, 0.29) is 12.6 Å². The molecule has 2 aliphatic heterocycles. The van der Waals surface area contributed by atoms with Crippen molar-refractivity contribution >= 4 is 5.97 Å². The van der Waals surface area contributed by atoms with Gasteiger partial charge in [0.25, 0.3) is 0 Å². The summed E-state index contributed by atoms with van der Waals surface area (Å²) in [6, 6.07) is 0. The zero-order valence-electron chi connectivity index (χ0n) is 22.9. The molecule has 0 aliphatic carbocycles. The summed E-state index contributed by atoms with van der Waals surface area (Å²) in [4.78, 5) is 12.1. The Kier molecular flexibility index (Phi) is 15.6. The van der Waals surface area contributed by atoms with Gasteiger partial charge in [-0.15, -0.1) is 0 Å². The van der Waals surface area contributed by atoms with Crippen molar-refractivity contribution < 1.29 is 64.2 Å². The monoisotopic (exact) mass is 568 g/mol. The molecule has 2 rings (SSSR count). The van der Waals surface area contributed by atoms with Crippen molar-refractivity contribution in [1.82, 2.24) is 0 Å². The molecule has 230 valence electrons. The Labute approximate surface area is 229 Å². The van der Waals surface area contributed by atoms with Crippen LogP contribution in [0.2, 0.25) is 0 Å². The number of ether oxygens (including phenoxy) is 5. The summed E-state index contributed by atoms with van der Waals surface area (Å²) in [6.07, 6.45) is -6.50. The van der Waals surface area contributed by atoms with E-state index in [9.17, 15) is 40.5 Å². The lowest BCUT2D eigenvalue weighted by atomic mass is 9.98. The van der Waals surface area contributed by atoms with Crippen LogP contribution in [-0.2, 0) is 28.5 Å². The maximum Gasteiger partial charge on any atom is 0.306 e. The van der Waals surface area contributed by atoms with Crippen LogP contribution in [-0.4, -0.2) is 129 Å². The van der Waals surface area contributed by atoms with E-state index in [1.165, 1.54) is 25.7 Å². The van der Waals surface area contributed by atoms with Crippen LogP contribution < -0.4 is 0 Å². The van der Waals surface area contributed by atoms with E-state index in [1.807, 2.05) is 0 Å². The first-order valence-corrected chi connectivity index (χ1v) is 14.0. The smallest absolute Gasteiger partial charge is 0.306 e. The molecule has 0 aromatic heterocycles. The van der Waals surface area contributed by atoms with Gasteiger partial charge in [0.1, 0.15) is 54.9 Å². The molecule has 39 heavy (non-hydrogen) atoms. The van der Waals surface area contributed by atoms with Crippen molar-refractivity contribution in [3.63, 3.8) is 0 Å². The Morgan fingerprint density at radius 2 is 1.23 bits per heavy atom. The van der Waals surface area contributed by atoms with E-state index in [1.54, 1.807) is 6.92 Å². The topological polar surface area (TPSA) is 205 Å². The van der Waals surface area contributed by atoms with Crippen molar-refractivity contribution in [3.8, 4) is 0 Å². The van der Waals surface area contributed by atoms with Crippen LogP contribution >= 0.6 is 0 Å². The predicted molar refractivity (Wildman–Crippen MR) is 135 cm³/mol. The van der Waals surface area contributed by atoms with E-state index in [0.29, 0.717) is 6.42 Å². The van der Waals surface area contributed by atoms with Crippen LogP contribution in [0.5, 0.6) is 0 Å². The van der Waals surface area contributed by atoms with E-state index in [4.69, 9.17) is 23.7 Å². The molecule has 0 unspecified atom stereocenters. The van der Waals surface area contributed by atoms with E-state index in [2.05, 4.69) is 6.92 Å². The van der Waals surface area contributed by atoms with Gasteiger partial charge in [0.2, 0.25) is 0 Å². The average molecular weight is 569 g/mol. The number of hydrogen-bond donors (Lipinski definition) is 7. The summed E-state index contributed by atoms with van der Waals surface area (Å²) in [5, 5.41) is 70.0. The normalized spacial score (nSPS) is 36.0. The second kappa shape index (κ2) is 17.8. The number of carbonyl (C=O) groups is 1. The first-order valence-electron chi connectivity index (χ1n) is 14.0. The second-order valence-electron chi connectivity index (χ2n) is 10.4. The summed E-state index contributed by atoms with van der Waals surface area (Å²) < 4.78 is 27.0. The number of rotatable bonds is 17. The van der Waals surface area contributed by atoms with Crippen molar-refractivity contribution in [1.29, 1.82) is 0 Å². The molecule has 0 bridgehead atoms. The van der Waals surface area contributed by atoms with Crippen LogP contribution in [0.1, 0.15) is 71.6 Å². The van der Waals surface area contributed by atoms with Crippen molar-refractivity contribution in [2.45, 2.75) is 139 Å². The number of carbonyl (C=O) groups excluding carboxylic acids is 1. The molecule has 0 radical (unpaired) electrons. The molecule has 0 amide bonds. The summed E-state index contributed by atoms with van der Waals surface area (Å²) in [5.74, 6) is -0.358. The SMILES string of the molecule is CCCCCCCCCCC(=O)O[C@H](C)CO[C@@H]1O[C@H](CO[C@H]2O[C@H](CO)[C@H](O)[C@H](O)[C@H]2O)[C@H](O)[C@H](O)[C@H]1O. The number of aliphatic hydroxyl groups is 7. The second-order valence-corrected chi connectivity index (χ2v) is 10.4. The van der Waals surface area contributed by atoms with Crippen molar-refractivity contribution in [2.75, 3.05) is 19.8 Å². The summed E-state index contributed by atoms with van der Waals surface area (Å²) in [6.45, 7) is 2.55. The van der Waals surface area contributed by atoms with Gasteiger partial charge in [-0.3, -0.25) is 4.79 Å². The largest absolute Gasteiger partial charge is 0.460 e. The molecule has 2 heterocycles. The number of aliphatic hydroxyl groups excluding tert-OH is 7. The molecule has 0 aromatic rings. The molecule has 2 saturated heterocycles. The zero-order chi connectivity index (χ0) is 28.9. The highest BCUT2D eigenvalue weighted by atomic mass is 16.7. The van der Waals surface area contributed by atoms with Crippen molar-refractivity contribution in [2.24, 2.45) is 0 Å². The molecule has 11 atom stereocenters. The number of hydrogen-bond acceptors (Lipinski definition) is 13. The van der Waals surface area contributed by atoms with E-state index >= 15 is 0 Å². The zero-order valence-corrected chi connectivity index (χ0v) is 22.9. The van der Waals surface area contributed by atoms with Crippen LogP contribution in [0.3, 0.4) is 0 Å². The summed E-state index contributed by atoms with van der Waals surface area (Å²) in [5.41, 5.74) is 0. The number of unbranched alkanes of at least 4 members (excludes halogenated alkanes) is 7. The van der Waals surface area contributed by atoms with Gasteiger partial charge in [-0.1, -0.05) is 51.9 Å². The highest BCUT2D eigenvalue weighted by molar-refractivity contribution is 5.69. The lowest BCUT2D eigenvalue weighted by molar-refractivity contribution is -0.332. The highest BCUT2D eigenvalue weighted by Gasteiger charge is 2.47. The molecular weight excluding hydrogens is 520 g/mol. The van der Waals surface area contributed by atoms with E-state index in [0.717, 1.165) is 25.7 Å². The third-order valence-corrected chi connectivity index (χ3v) is 7.00. The quantitative estimate of drug-likeness (QED) is 0.0839. The molecule has 2 aliphatic rings. The van der Waals surface area contributed by atoms with Gasteiger partial charge in [-0.2, -0.15) is 0 Å². The maximum absolute atomic E-state index is 12.1. The van der Waals surface area contributed by atoms with Gasteiger partial charge in [-0.25, -0.2) is 0 Å². The minimum absolute atomic E-state index is 0.145. The predicted octanol–water partition coefficient (Wildman–Crippen LogP) is -0.910. The standard InChI is InChI=1S/C26H48O13/c1-3-4-5-6-7-8-9-10-11-18(28)37-15(2)13-35-25-24(34)22(32)20(30)17(39-25)14-36-26-23(33)21(31)19(29)16(12-27)38-26/h15-17,19-27,29-34H,3-14H2,1-2H3/t15-,16-,17-,19+,20+,21+,22+,23-,24-,25-,26+/m1/s1. The number of esters is 1. The first-order chi connectivity index (χ1) is 18.6. The van der Waals surface area contributed by atoms with Gasteiger partial charge < -0.3 is 59.4 Å². The molecule has 2 fully saturated rings. The van der Waals surface area contributed by atoms with Crippen LogP contribution in [0.25, 0.3) is 0 Å². The maximum atomic E-state index is 12.1. The lowest BCUT2D eigenvalue weighted by Gasteiger charge is -2.42.